The van der Waals surface area contributed by atoms with Crippen LogP contribution in [0.2, 0.25) is 0 Å². The number of nitrogen functional groups attached to an aromatic ring is 1. The summed E-state index contributed by atoms with van der Waals surface area (Å²) in [6.45, 7) is 4.07. The zero-order valence-corrected chi connectivity index (χ0v) is 25.2. The summed E-state index contributed by atoms with van der Waals surface area (Å²) in [4.78, 5) is 37.6. The van der Waals surface area contributed by atoms with Crippen LogP contribution < -0.4 is 16.6 Å². The van der Waals surface area contributed by atoms with Crippen molar-refractivity contribution in [2.45, 2.75) is 51.0 Å². The van der Waals surface area contributed by atoms with Crippen molar-refractivity contribution in [3.05, 3.63) is 111 Å². The number of para-hydroxylation sites is 1. The highest BCUT2D eigenvalue weighted by atomic mass is 16.5. The normalized spacial score (nSPS) is 24.0. The number of rotatable bonds is 4. The van der Waals surface area contributed by atoms with Crippen LogP contribution in [0, 0.1) is 17.3 Å². The zero-order valence-electron chi connectivity index (χ0n) is 25.2. The van der Waals surface area contributed by atoms with E-state index in [0.717, 1.165) is 34.9 Å². The van der Waals surface area contributed by atoms with Crippen LogP contribution in [0.3, 0.4) is 0 Å². The minimum Gasteiger partial charge on any atom is -0.381 e. The van der Waals surface area contributed by atoms with Crippen LogP contribution in [-0.4, -0.2) is 37.3 Å². The highest BCUT2D eigenvalue weighted by Gasteiger charge is 2.50. The summed E-state index contributed by atoms with van der Waals surface area (Å²) >= 11 is 0. The van der Waals surface area contributed by atoms with Crippen molar-refractivity contribution < 1.29 is 9.53 Å². The maximum Gasteiger partial charge on any atom is 0.264 e. The molecule has 2 fully saturated rings. The lowest BCUT2D eigenvalue weighted by Crippen LogP contribution is -2.38. The fourth-order valence-corrected chi connectivity index (χ4v) is 7.29. The summed E-state index contributed by atoms with van der Waals surface area (Å²) in [7, 11) is 0. The number of ether oxygens (including phenoxy) is 1. The van der Waals surface area contributed by atoms with Gasteiger partial charge in [0.2, 0.25) is 0 Å². The highest BCUT2D eigenvalue weighted by molar-refractivity contribution is 6.04. The number of aromatic nitrogens is 4. The first-order valence-electron chi connectivity index (χ1n) is 15.4. The Morgan fingerprint density at radius 1 is 1.13 bits per heavy atom. The predicted octanol–water partition coefficient (Wildman–Crippen LogP) is 4.76. The van der Waals surface area contributed by atoms with Gasteiger partial charge in [0, 0.05) is 58.2 Å². The minimum absolute atomic E-state index is 0.0729. The first kappa shape index (κ1) is 26.8. The van der Waals surface area contributed by atoms with Gasteiger partial charge < -0.3 is 15.8 Å². The summed E-state index contributed by atoms with van der Waals surface area (Å²) in [5, 5.41) is 8.78. The molecule has 46 heavy (non-hydrogen) atoms. The Kier molecular flexibility index (Phi) is 5.53. The van der Waals surface area contributed by atoms with Gasteiger partial charge in [-0.15, -0.1) is 5.10 Å². The Labute approximate surface area is 263 Å². The number of nitrogens with two attached hydrogens (primary N) is 1. The SMILES string of the molecule is C[C@H](NC(=O)c1c(N)nn2cccnc12)c1c2c3c(ccc(C#CC4=CC5(C)CC5N=C4)c3c(=O)n1-c1ccccc1)C1CC2O1. The fourth-order valence-electron chi connectivity index (χ4n) is 7.29. The second-order valence-corrected chi connectivity index (χ2v) is 12.8. The summed E-state index contributed by atoms with van der Waals surface area (Å²) in [6.07, 6.45) is 8.84. The van der Waals surface area contributed by atoms with Crippen molar-refractivity contribution >= 4 is 34.4 Å². The molecule has 2 aliphatic carbocycles. The van der Waals surface area contributed by atoms with E-state index in [2.05, 4.69) is 45.2 Å². The van der Waals surface area contributed by atoms with Crippen LogP contribution in [0.4, 0.5) is 5.82 Å². The molecule has 0 radical (unpaired) electrons. The Hall–Kier alpha value is -5.53. The molecule has 10 heteroatoms. The number of carbonyl (C=O) groups excluding carboxylic acids is 1. The number of anilines is 1. The molecule has 6 heterocycles. The molecule has 2 bridgehead atoms. The molecule has 1 saturated heterocycles. The van der Waals surface area contributed by atoms with Gasteiger partial charge in [0.15, 0.2) is 11.5 Å². The van der Waals surface area contributed by atoms with E-state index in [0.29, 0.717) is 34.0 Å². The van der Waals surface area contributed by atoms with Gasteiger partial charge in [0.1, 0.15) is 5.56 Å². The molecule has 4 unspecified atom stereocenters. The number of aliphatic imine (C=N–C) groups is 1. The van der Waals surface area contributed by atoms with Gasteiger partial charge in [-0.3, -0.25) is 19.1 Å². The molecule has 3 aromatic heterocycles. The maximum atomic E-state index is 14.8. The standard InChI is InChI=1S/C36H29N7O3/c1-19(40-34(44)30-32(37)41-42-14-6-13-38-33(30)42)31-29-25-15-24(46-25)23-12-11-21(10-9-20-16-36(2)17-26(36)39-18-20)27(28(23)29)35(45)43(31)22-7-4-3-5-8-22/h3-8,11-14,16,18-19,24-26H,15,17H2,1-2H3,(H2,37,41)(H,40,44)/t19-,24?,25?,26?,36?/m0/s1. The van der Waals surface area contributed by atoms with Crippen LogP contribution in [0.15, 0.2) is 82.4 Å². The molecule has 3 N–H and O–H groups in total. The average molecular weight is 608 g/mol. The largest absolute Gasteiger partial charge is 0.381 e. The van der Waals surface area contributed by atoms with E-state index in [1.165, 1.54) is 4.52 Å². The molecule has 3 aliphatic heterocycles. The maximum absolute atomic E-state index is 14.8. The molecule has 10 rings (SSSR count). The Morgan fingerprint density at radius 2 is 1.96 bits per heavy atom. The quantitative estimate of drug-likeness (QED) is 0.284. The first-order valence-corrected chi connectivity index (χ1v) is 15.4. The van der Waals surface area contributed by atoms with E-state index in [-0.39, 0.29) is 34.6 Å². The number of fused-ring (bicyclic) bond motifs is 2. The Balaban J connectivity index is 1.24. The van der Waals surface area contributed by atoms with E-state index in [1.807, 2.05) is 55.6 Å². The third-order valence-electron chi connectivity index (χ3n) is 9.74. The van der Waals surface area contributed by atoms with Gasteiger partial charge in [-0.25, -0.2) is 9.50 Å². The van der Waals surface area contributed by atoms with E-state index in [9.17, 15) is 9.59 Å². The van der Waals surface area contributed by atoms with Gasteiger partial charge in [-0.1, -0.05) is 49.1 Å². The molecule has 0 spiro atoms. The number of carbonyl (C=O) groups is 1. The zero-order chi connectivity index (χ0) is 31.3. The fraction of sp³-hybridized carbons (Fsp3) is 0.250. The molecule has 1 amide bonds. The first-order chi connectivity index (χ1) is 22.3. The average Bonchev–Trinajstić information content (AvgIpc) is 3.60. The molecule has 5 aliphatic rings. The van der Waals surface area contributed by atoms with Crippen LogP contribution >= 0.6 is 0 Å². The summed E-state index contributed by atoms with van der Waals surface area (Å²) in [6, 6.07) is 14.9. The van der Waals surface area contributed by atoms with Crippen LogP contribution in [0.5, 0.6) is 0 Å². The topological polar surface area (TPSA) is 129 Å². The number of hydrogen-bond donors (Lipinski definition) is 2. The Morgan fingerprint density at radius 3 is 2.76 bits per heavy atom. The summed E-state index contributed by atoms with van der Waals surface area (Å²) in [5.41, 5.74) is 11.3. The number of dihydropyridines is 1. The van der Waals surface area contributed by atoms with Crippen molar-refractivity contribution in [3.8, 4) is 17.5 Å². The molecule has 226 valence electrons. The molecule has 5 aromatic rings. The number of nitrogens with zero attached hydrogens (tertiary/aromatic N) is 5. The molecule has 5 atom stereocenters. The number of benzene rings is 2. The van der Waals surface area contributed by atoms with Gasteiger partial charge in [0.05, 0.1) is 35.4 Å². The predicted molar refractivity (Wildman–Crippen MR) is 174 cm³/mol. The number of hydrogen-bond acceptors (Lipinski definition) is 7. The van der Waals surface area contributed by atoms with Gasteiger partial charge in [-0.2, -0.15) is 0 Å². The lowest BCUT2D eigenvalue weighted by Gasteiger charge is -2.44. The lowest BCUT2D eigenvalue weighted by atomic mass is 9.78. The third kappa shape index (κ3) is 3.85. The summed E-state index contributed by atoms with van der Waals surface area (Å²) in [5.74, 6) is 6.26. The molecule has 10 nitrogen and oxygen atoms in total. The van der Waals surface area contributed by atoms with Crippen molar-refractivity contribution in [3.63, 3.8) is 0 Å². The monoisotopic (exact) mass is 607 g/mol. The minimum atomic E-state index is -0.614. The molecule has 2 aromatic carbocycles. The Bertz CT molecular complexity index is 2340. The van der Waals surface area contributed by atoms with Gasteiger partial charge >= 0.3 is 0 Å². The second-order valence-electron chi connectivity index (χ2n) is 12.8. The molecule has 1 saturated carbocycles. The van der Waals surface area contributed by atoms with Gasteiger partial charge in [-0.05, 0) is 43.2 Å². The van der Waals surface area contributed by atoms with Crippen molar-refractivity contribution in [2.75, 3.05) is 5.73 Å². The van der Waals surface area contributed by atoms with Crippen molar-refractivity contribution in [2.24, 2.45) is 10.4 Å². The lowest BCUT2D eigenvalue weighted by molar-refractivity contribution is -0.135. The third-order valence-corrected chi connectivity index (χ3v) is 9.74. The smallest absolute Gasteiger partial charge is 0.264 e. The molecular formula is C36H29N7O3. The van der Waals surface area contributed by atoms with Crippen molar-refractivity contribution in [1.82, 2.24) is 24.5 Å². The molecular weight excluding hydrogens is 578 g/mol. The number of allylic oxidation sites excluding steroid dienone is 1. The number of nitrogens with one attached hydrogen (secondary N) is 1. The van der Waals surface area contributed by atoms with E-state index >= 15 is 0 Å². The van der Waals surface area contributed by atoms with Crippen LogP contribution in [0.1, 0.15) is 77.7 Å². The van der Waals surface area contributed by atoms with E-state index in [1.54, 1.807) is 23.0 Å². The van der Waals surface area contributed by atoms with Gasteiger partial charge in [0.25, 0.3) is 11.5 Å². The van der Waals surface area contributed by atoms with E-state index < -0.39 is 11.9 Å². The summed E-state index contributed by atoms with van der Waals surface area (Å²) < 4.78 is 9.54. The highest BCUT2D eigenvalue weighted by Crippen LogP contribution is 2.55. The number of amides is 1. The van der Waals surface area contributed by atoms with Crippen molar-refractivity contribution in [1.29, 1.82) is 0 Å². The second kappa shape index (κ2) is 9.49. The number of pyridine rings is 1. The van der Waals surface area contributed by atoms with Crippen LogP contribution in [0.25, 0.3) is 22.1 Å². The van der Waals surface area contributed by atoms with E-state index in [4.69, 9.17) is 10.5 Å². The van der Waals surface area contributed by atoms with Crippen LogP contribution in [-0.2, 0) is 4.74 Å².